The van der Waals surface area contributed by atoms with Gasteiger partial charge in [0, 0.05) is 17.1 Å². The molecular formula is C18H21ClFNO2. The van der Waals surface area contributed by atoms with E-state index in [4.69, 9.17) is 16.3 Å². The van der Waals surface area contributed by atoms with Gasteiger partial charge in [-0.05, 0) is 43.7 Å². The Balaban J connectivity index is 1.88. The summed E-state index contributed by atoms with van der Waals surface area (Å²) in [6, 6.07) is 13.6. The molecule has 0 amide bonds. The highest BCUT2D eigenvalue weighted by Crippen LogP contribution is 2.28. The molecule has 0 aliphatic rings. The number of benzene rings is 2. The largest absolute Gasteiger partial charge is 0.491 e. The Labute approximate surface area is 141 Å². The van der Waals surface area contributed by atoms with Gasteiger partial charge in [-0.25, -0.2) is 4.39 Å². The van der Waals surface area contributed by atoms with Crippen LogP contribution in [0.3, 0.4) is 0 Å². The summed E-state index contributed by atoms with van der Waals surface area (Å²) >= 11 is 6.10. The van der Waals surface area contributed by atoms with Gasteiger partial charge in [-0.1, -0.05) is 35.9 Å². The second kappa shape index (κ2) is 7.77. The Kier molecular flexibility index (Phi) is 5.99. The van der Waals surface area contributed by atoms with Crippen LogP contribution in [0.1, 0.15) is 19.4 Å². The lowest BCUT2D eigenvalue weighted by molar-refractivity contribution is 0.0987. The quantitative estimate of drug-likeness (QED) is 0.808. The molecule has 5 heteroatoms. The Morgan fingerprint density at radius 1 is 1.22 bits per heavy atom. The molecule has 1 unspecified atom stereocenters. The second-order valence-corrected chi connectivity index (χ2v) is 6.32. The lowest BCUT2D eigenvalue weighted by atomic mass is 9.94. The van der Waals surface area contributed by atoms with Crippen molar-refractivity contribution in [3.63, 3.8) is 0 Å². The molecule has 0 aliphatic heterocycles. The van der Waals surface area contributed by atoms with Crippen molar-refractivity contribution in [2.75, 3.05) is 13.2 Å². The van der Waals surface area contributed by atoms with E-state index in [0.29, 0.717) is 17.3 Å². The molecule has 0 saturated carbocycles. The molecule has 124 valence electrons. The topological polar surface area (TPSA) is 41.5 Å². The molecule has 0 radical (unpaired) electrons. The molecule has 0 heterocycles. The smallest absolute Gasteiger partial charge is 0.124 e. The van der Waals surface area contributed by atoms with Crippen molar-refractivity contribution >= 4 is 11.6 Å². The van der Waals surface area contributed by atoms with E-state index >= 15 is 0 Å². The molecule has 2 rings (SSSR count). The number of ether oxygens (including phenoxy) is 1. The molecule has 0 spiro atoms. The van der Waals surface area contributed by atoms with E-state index in [2.05, 4.69) is 5.32 Å². The van der Waals surface area contributed by atoms with Crippen molar-refractivity contribution in [2.24, 2.45) is 0 Å². The van der Waals surface area contributed by atoms with E-state index in [1.807, 2.05) is 44.2 Å². The average molecular weight is 338 g/mol. The van der Waals surface area contributed by atoms with E-state index in [-0.39, 0.29) is 12.4 Å². The normalized spacial score (nSPS) is 12.9. The minimum atomic E-state index is -0.672. The fourth-order valence-electron chi connectivity index (χ4n) is 2.23. The lowest BCUT2D eigenvalue weighted by Crippen LogP contribution is -2.43. The first-order valence-electron chi connectivity index (χ1n) is 7.45. The molecule has 0 aliphatic carbocycles. The predicted molar refractivity (Wildman–Crippen MR) is 90.4 cm³/mol. The van der Waals surface area contributed by atoms with Crippen LogP contribution < -0.4 is 10.1 Å². The molecule has 0 bridgehead atoms. The maximum absolute atomic E-state index is 13.1. The highest BCUT2D eigenvalue weighted by atomic mass is 35.5. The molecular weight excluding hydrogens is 317 g/mol. The molecule has 0 saturated heterocycles. The molecule has 0 fully saturated rings. The first-order valence-corrected chi connectivity index (χ1v) is 7.83. The number of hydrogen-bond donors (Lipinski definition) is 2. The van der Waals surface area contributed by atoms with Gasteiger partial charge in [-0.2, -0.15) is 0 Å². The molecule has 1 atom stereocenters. The van der Waals surface area contributed by atoms with E-state index in [1.54, 1.807) is 6.07 Å². The van der Waals surface area contributed by atoms with Gasteiger partial charge in [-0.3, -0.25) is 0 Å². The van der Waals surface area contributed by atoms with Gasteiger partial charge in [0.05, 0.1) is 0 Å². The lowest BCUT2D eigenvalue weighted by Gasteiger charge is -2.29. The third-order valence-electron chi connectivity index (χ3n) is 3.57. The van der Waals surface area contributed by atoms with Crippen LogP contribution >= 0.6 is 11.6 Å². The number of aliphatic hydroxyl groups is 1. The van der Waals surface area contributed by atoms with Crippen molar-refractivity contribution in [1.29, 1.82) is 0 Å². The van der Waals surface area contributed by atoms with Gasteiger partial charge < -0.3 is 15.2 Å². The summed E-state index contributed by atoms with van der Waals surface area (Å²) in [7, 11) is 0. The summed E-state index contributed by atoms with van der Waals surface area (Å²) in [5.41, 5.74) is 0.273. The van der Waals surface area contributed by atoms with Gasteiger partial charge in [0.1, 0.15) is 24.3 Å². The van der Waals surface area contributed by atoms with E-state index in [0.717, 1.165) is 5.56 Å². The second-order valence-electron chi connectivity index (χ2n) is 5.91. The van der Waals surface area contributed by atoms with Crippen molar-refractivity contribution in [3.05, 3.63) is 64.9 Å². The fraction of sp³-hybridized carbons (Fsp3) is 0.333. The van der Waals surface area contributed by atoms with Crippen molar-refractivity contribution in [2.45, 2.75) is 25.5 Å². The van der Waals surface area contributed by atoms with Gasteiger partial charge in [0.25, 0.3) is 0 Å². The number of aliphatic hydroxyl groups excluding tert-OH is 1. The van der Waals surface area contributed by atoms with Crippen molar-refractivity contribution < 1.29 is 14.2 Å². The van der Waals surface area contributed by atoms with E-state index in [9.17, 15) is 9.50 Å². The predicted octanol–water partition coefficient (Wildman–Crippen LogP) is 3.74. The third-order valence-corrected chi connectivity index (χ3v) is 3.88. The van der Waals surface area contributed by atoms with Gasteiger partial charge in [0.2, 0.25) is 0 Å². The van der Waals surface area contributed by atoms with Crippen LogP contribution in [-0.4, -0.2) is 24.4 Å². The zero-order chi connectivity index (χ0) is 16.9. The van der Waals surface area contributed by atoms with Gasteiger partial charge in [-0.15, -0.1) is 0 Å². The number of hydrogen-bond acceptors (Lipinski definition) is 3. The molecule has 2 N–H and O–H groups in total. The minimum Gasteiger partial charge on any atom is -0.491 e. The average Bonchev–Trinajstić information content (AvgIpc) is 2.51. The molecule has 2 aromatic rings. The van der Waals surface area contributed by atoms with Gasteiger partial charge >= 0.3 is 0 Å². The van der Waals surface area contributed by atoms with Crippen molar-refractivity contribution in [3.8, 4) is 5.75 Å². The Morgan fingerprint density at radius 3 is 2.57 bits per heavy atom. The van der Waals surface area contributed by atoms with Crippen molar-refractivity contribution in [1.82, 2.24) is 5.32 Å². The SMILES string of the molecule is CC(C)(NCC(O)COc1ccccc1)c1ccc(F)cc1Cl. The Morgan fingerprint density at radius 2 is 1.91 bits per heavy atom. The summed E-state index contributed by atoms with van der Waals surface area (Å²) in [5, 5.41) is 13.6. The first-order chi connectivity index (χ1) is 10.9. The minimum absolute atomic E-state index is 0.185. The molecule has 3 nitrogen and oxygen atoms in total. The number of nitrogens with one attached hydrogen (secondary N) is 1. The summed E-state index contributed by atoms with van der Waals surface area (Å²) in [5.74, 6) is 0.346. The zero-order valence-corrected chi connectivity index (χ0v) is 14.0. The monoisotopic (exact) mass is 337 g/mol. The number of rotatable bonds is 7. The van der Waals surface area contributed by atoms with Gasteiger partial charge in [0.15, 0.2) is 0 Å². The maximum atomic E-state index is 13.1. The maximum Gasteiger partial charge on any atom is 0.124 e. The standard InChI is InChI=1S/C18H21ClFNO2/c1-18(2,16-9-8-13(20)10-17(16)19)21-11-14(22)12-23-15-6-4-3-5-7-15/h3-10,14,21-22H,11-12H2,1-2H3. The van der Waals surface area contributed by atoms with E-state index < -0.39 is 11.6 Å². The van der Waals surface area contributed by atoms with Crippen LogP contribution in [0.15, 0.2) is 48.5 Å². The number of para-hydroxylation sites is 1. The number of halogens is 2. The first kappa shape index (κ1) is 17.7. The highest BCUT2D eigenvalue weighted by Gasteiger charge is 2.24. The Bertz CT molecular complexity index is 634. The molecule has 0 aromatic heterocycles. The third kappa shape index (κ3) is 5.20. The summed E-state index contributed by atoms with van der Waals surface area (Å²) < 4.78 is 18.7. The van der Waals surface area contributed by atoms with Crippen LogP contribution in [0.5, 0.6) is 5.75 Å². The molecule has 23 heavy (non-hydrogen) atoms. The highest BCUT2D eigenvalue weighted by molar-refractivity contribution is 6.31. The van der Waals surface area contributed by atoms with Crippen LogP contribution in [-0.2, 0) is 5.54 Å². The summed E-state index contributed by atoms with van der Waals surface area (Å²) in [6.07, 6.45) is -0.672. The summed E-state index contributed by atoms with van der Waals surface area (Å²) in [6.45, 7) is 4.37. The van der Waals surface area contributed by atoms with Crippen LogP contribution in [0.4, 0.5) is 4.39 Å². The molecule has 2 aromatic carbocycles. The van der Waals surface area contributed by atoms with Crippen LogP contribution in [0, 0.1) is 5.82 Å². The fourth-order valence-corrected chi connectivity index (χ4v) is 2.64. The van der Waals surface area contributed by atoms with Crippen LogP contribution in [0.2, 0.25) is 5.02 Å². The summed E-state index contributed by atoms with van der Waals surface area (Å²) in [4.78, 5) is 0. The zero-order valence-electron chi connectivity index (χ0n) is 13.2. The van der Waals surface area contributed by atoms with E-state index in [1.165, 1.54) is 12.1 Å². The Hall–Kier alpha value is -1.62. The van der Waals surface area contributed by atoms with Crippen LogP contribution in [0.25, 0.3) is 0 Å².